The number of halogens is 1. The van der Waals surface area contributed by atoms with Crippen LogP contribution in [0.2, 0.25) is 5.02 Å². The Morgan fingerprint density at radius 3 is 2.46 bits per heavy atom. The van der Waals surface area contributed by atoms with E-state index in [-0.39, 0.29) is 11.3 Å². The third kappa shape index (κ3) is 4.47. The van der Waals surface area contributed by atoms with Crippen LogP contribution in [0.5, 0.6) is 0 Å². The van der Waals surface area contributed by atoms with E-state index in [1.807, 2.05) is 0 Å². The molecule has 0 bridgehead atoms. The molecule has 0 unspecified atom stereocenters. The van der Waals surface area contributed by atoms with Crippen molar-refractivity contribution in [2.75, 3.05) is 4.72 Å². The summed E-state index contributed by atoms with van der Waals surface area (Å²) < 4.78 is 27.4. The molecule has 4 N–H and O–H groups in total. The molecule has 0 aromatic heterocycles. The van der Waals surface area contributed by atoms with Crippen molar-refractivity contribution in [1.29, 1.82) is 0 Å². The van der Waals surface area contributed by atoms with Gasteiger partial charge in [0.1, 0.15) is 6.04 Å². The van der Waals surface area contributed by atoms with E-state index >= 15 is 0 Å². The van der Waals surface area contributed by atoms with Crippen LogP contribution in [0.25, 0.3) is 0 Å². The Morgan fingerprint density at radius 1 is 1.25 bits per heavy atom. The summed E-state index contributed by atoms with van der Waals surface area (Å²) >= 11 is 5.78. The molecule has 0 amide bonds. The van der Waals surface area contributed by atoms with E-state index in [9.17, 15) is 13.2 Å². The van der Waals surface area contributed by atoms with Gasteiger partial charge in [0.2, 0.25) is 0 Å². The van der Waals surface area contributed by atoms with Crippen molar-refractivity contribution in [3.05, 3.63) is 58.6 Å². The molecule has 2 aromatic carbocycles. The highest BCUT2D eigenvalue weighted by Crippen LogP contribution is 2.21. The minimum Gasteiger partial charge on any atom is -0.480 e. The molecule has 0 saturated heterocycles. The number of hydrogen-bond donors (Lipinski definition) is 3. The SMILES string of the molecule is Cc1ccc(S(=O)(=O)Nc2ccc(Cl)cc2)cc1C[C@H](N)C(=O)O. The first-order valence-electron chi connectivity index (χ1n) is 7.05. The van der Waals surface area contributed by atoms with Crippen LogP contribution in [-0.2, 0) is 21.2 Å². The van der Waals surface area contributed by atoms with Crippen LogP contribution in [0.4, 0.5) is 5.69 Å². The summed E-state index contributed by atoms with van der Waals surface area (Å²) in [7, 11) is -3.80. The van der Waals surface area contributed by atoms with Crippen molar-refractivity contribution in [3.63, 3.8) is 0 Å². The number of hydrogen-bond acceptors (Lipinski definition) is 4. The van der Waals surface area contributed by atoms with Crippen LogP contribution in [0.15, 0.2) is 47.4 Å². The highest BCUT2D eigenvalue weighted by atomic mass is 35.5. The smallest absolute Gasteiger partial charge is 0.320 e. The largest absolute Gasteiger partial charge is 0.480 e. The van der Waals surface area contributed by atoms with Gasteiger partial charge in [0.25, 0.3) is 10.0 Å². The van der Waals surface area contributed by atoms with Gasteiger partial charge in [-0.3, -0.25) is 9.52 Å². The Balaban J connectivity index is 2.30. The number of anilines is 1. The molecule has 2 rings (SSSR count). The van der Waals surface area contributed by atoms with E-state index in [0.717, 1.165) is 5.56 Å². The van der Waals surface area contributed by atoms with Crippen LogP contribution in [-0.4, -0.2) is 25.5 Å². The van der Waals surface area contributed by atoms with Crippen molar-refractivity contribution < 1.29 is 18.3 Å². The van der Waals surface area contributed by atoms with Gasteiger partial charge in [-0.1, -0.05) is 17.7 Å². The second-order valence-electron chi connectivity index (χ2n) is 5.35. The lowest BCUT2D eigenvalue weighted by Crippen LogP contribution is -2.32. The fraction of sp³-hybridized carbons (Fsp3) is 0.188. The molecule has 0 aliphatic rings. The Morgan fingerprint density at radius 2 is 1.88 bits per heavy atom. The van der Waals surface area contributed by atoms with Crippen molar-refractivity contribution in [2.45, 2.75) is 24.3 Å². The molecule has 24 heavy (non-hydrogen) atoms. The molecule has 0 fully saturated rings. The Bertz CT molecular complexity index is 851. The lowest BCUT2D eigenvalue weighted by Gasteiger charge is -2.13. The highest BCUT2D eigenvalue weighted by molar-refractivity contribution is 7.92. The summed E-state index contributed by atoms with van der Waals surface area (Å²) in [6.07, 6.45) is 0.0471. The van der Waals surface area contributed by atoms with Crippen LogP contribution in [0.1, 0.15) is 11.1 Å². The van der Waals surface area contributed by atoms with Crippen molar-refractivity contribution in [2.24, 2.45) is 5.73 Å². The lowest BCUT2D eigenvalue weighted by atomic mass is 10.0. The average Bonchev–Trinajstić information content (AvgIpc) is 2.51. The third-order valence-electron chi connectivity index (χ3n) is 3.48. The van der Waals surface area contributed by atoms with E-state index in [0.29, 0.717) is 16.3 Å². The normalized spacial score (nSPS) is 12.6. The molecule has 0 heterocycles. The summed E-state index contributed by atoms with van der Waals surface area (Å²) in [5.74, 6) is -1.14. The first-order valence-corrected chi connectivity index (χ1v) is 8.91. The van der Waals surface area contributed by atoms with Gasteiger partial charge in [-0.15, -0.1) is 0 Å². The highest BCUT2D eigenvalue weighted by Gasteiger charge is 2.18. The molecule has 0 radical (unpaired) electrons. The van der Waals surface area contributed by atoms with E-state index < -0.39 is 22.0 Å². The lowest BCUT2D eigenvalue weighted by molar-refractivity contribution is -0.138. The maximum Gasteiger partial charge on any atom is 0.320 e. The van der Waals surface area contributed by atoms with Gasteiger partial charge in [0.05, 0.1) is 4.90 Å². The third-order valence-corrected chi connectivity index (χ3v) is 5.12. The van der Waals surface area contributed by atoms with Crippen molar-refractivity contribution in [1.82, 2.24) is 0 Å². The van der Waals surface area contributed by atoms with E-state index in [2.05, 4.69) is 4.72 Å². The predicted octanol–water partition coefficient (Wildman–Crippen LogP) is 2.40. The van der Waals surface area contributed by atoms with Crippen molar-refractivity contribution in [3.8, 4) is 0 Å². The molecule has 1 atom stereocenters. The number of nitrogens with two attached hydrogens (primary N) is 1. The molecule has 128 valence electrons. The van der Waals surface area contributed by atoms with Crippen LogP contribution < -0.4 is 10.5 Å². The molecule has 0 aliphatic carbocycles. The summed E-state index contributed by atoms with van der Waals surface area (Å²) in [4.78, 5) is 10.9. The summed E-state index contributed by atoms with van der Waals surface area (Å²) in [5, 5.41) is 9.41. The maximum atomic E-state index is 12.5. The monoisotopic (exact) mass is 368 g/mol. The molecule has 8 heteroatoms. The molecular formula is C16H17ClN2O4S. The number of aryl methyl sites for hydroxylation is 1. The Labute approximate surface area is 145 Å². The number of aliphatic carboxylic acids is 1. The van der Waals surface area contributed by atoms with Gasteiger partial charge in [0, 0.05) is 10.7 Å². The van der Waals surface area contributed by atoms with Gasteiger partial charge < -0.3 is 10.8 Å². The molecule has 6 nitrogen and oxygen atoms in total. The quantitative estimate of drug-likeness (QED) is 0.725. The first-order chi connectivity index (χ1) is 11.2. The van der Waals surface area contributed by atoms with Crippen LogP contribution in [0.3, 0.4) is 0 Å². The van der Waals surface area contributed by atoms with Gasteiger partial charge >= 0.3 is 5.97 Å². The Kier molecular flexibility index (Phi) is 5.48. The topological polar surface area (TPSA) is 109 Å². The van der Waals surface area contributed by atoms with Crippen LogP contribution >= 0.6 is 11.6 Å². The maximum absolute atomic E-state index is 12.5. The number of carbonyl (C=O) groups is 1. The zero-order chi connectivity index (χ0) is 17.9. The van der Waals surface area contributed by atoms with Crippen molar-refractivity contribution >= 4 is 33.3 Å². The fourth-order valence-electron chi connectivity index (χ4n) is 2.09. The number of carboxylic acid groups (broad SMARTS) is 1. The van der Waals surface area contributed by atoms with E-state index in [4.69, 9.17) is 22.4 Å². The molecular weight excluding hydrogens is 352 g/mol. The minimum absolute atomic E-state index is 0.0376. The number of nitrogens with one attached hydrogen (secondary N) is 1. The van der Waals surface area contributed by atoms with Gasteiger partial charge in [-0.25, -0.2) is 8.42 Å². The Hall–Kier alpha value is -2.09. The molecule has 0 spiro atoms. The van der Waals surface area contributed by atoms with Gasteiger partial charge in [0.15, 0.2) is 0 Å². The van der Waals surface area contributed by atoms with Gasteiger partial charge in [-0.05, 0) is 60.9 Å². The zero-order valence-electron chi connectivity index (χ0n) is 12.9. The second kappa shape index (κ2) is 7.21. The summed E-state index contributed by atoms with van der Waals surface area (Å²) in [6, 6.07) is 9.69. The molecule has 2 aromatic rings. The zero-order valence-corrected chi connectivity index (χ0v) is 14.4. The minimum atomic E-state index is -3.80. The standard InChI is InChI=1S/C16H17ClN2O4S/c1-10-2-7-14(8-11(10)9-15(18)16(20)21)24(22,23)19-13-5-3-12(17)4-6-13/h2-8,15,19H,9,18H2,1H3,(H,20,21)/t15-/m0/s1. The van der Waals surface area contributed by atoms with E-state index in [1.165, 1.54) is 12.1 Å². The van der Waals surface area contributed by atoms with Gasteiger partial charge in [-0.2, -0.15) is 0 Å². The molecule has 0 aliphatic heterocycles. The number of benzene rings is 2. The fourth-order valence-corrected chi connectivity index (χ4v) is 3.33. The predicted molar refractivity (Wildman–Crippen MR) is 92.8 cm³/mol. The summed E-state index contributed by atoms with van der Waals surface area (Å²) in [5.41, 5.74) is 7.26. The summed E-state index contributed by atoms with van der Waals surface area (Å²) in [6.45, 7) is 1.77. The number of rotatable bonds is 6. The number of sulfonamides is 1. The average molecular weight is 369 g/mol. The van der Waals surface area contributed by atoms with Crippen LogP contribution in [0, 0.1) is 6.92 Å². The number of carboxylic acids is 1. The second-order valence-corrected chi connectivity index (χ2v) is 7.47. The first kappa shape index (κ1) is 18.3. The van der Waals surface area contributed by atoms with E-state index in [1.54, 1.807) is 37.3 Å². The molecule has 0 saturated carbocycles.